The monoisotopic (exact) mass is 202 g/mol. The van der Waals surface area contributed by atoms with Crippen LogP contribution in [-0.2, 0) is 12.8 Å². The van der Waals surface area contributed by atoms with Crippen LogP contribution in [0, 0.1) is 11.8 Å². The van der Waals surface area contributed by atoms with Crippen LogP contribution in [0.4, 0.5) is 0 Å². The van der Waals surface area contributed by atoms with Crippen molar-refractivity contribution in [1.82, 2.24) is 0 Å². The topological polar surface area (TPSA) is 0 Å². The first kappa shape index (κ1) is 10.7. The van der Waals surface area contributed by atoms with Crippen molar-refractivity contribution in [1.29, 1.82) is 0 Å². The van der Waals surface area contributed by atoms with Crippen LogP contribution in [0.25, 0.3) is 0 Å². The summed E-state index contributed by atoms with van der Waals surface area (Å²) in [5, 5.41) is 0. The van der Waals surface area contributed by atoms with Crippen molar-refractivity contribution in [2.75, 3.05) is 0 Å². The van der Waals surface area contributed by atoms with Crippen LogP contribution >= 0.6 is 0 Å². The normalized spacial score (nSPS) is 17.7. The molecule has 0 nitrogen and oxygen atoms in total. The molecular weight excluding hydrogens is 180 g/mol. The molecule has 1 aromatic carbocycles. The molecule has 82 valence electrons. The Hall–Kier alpha value is -0.780. The van der Waals surface area contributed by atoms with Gasteiger partial charge in [-0.3, -0.25) is 0 Å². The first-order chi connectivity index (χ1) is 7.35. The predicted molar refractivity (Wildman–Crippen MR) is 66.0 cm³/mol. The Bertz CT molecular complexity index is 289. The van der Waals surface area contributed by atoms with Crippen molar-refractivity contribution in [3.8, 4) is 0 Å². The molecule has 0 fully saturated rings. The van der Waals surface area contributed by atoms with Crippen molar-refractivity contribution in [3.63, 3.8) is 0 Å². The summed E-state index contributed by atoms with van der Waals surface area (Å²) in [6, 6.07) is 8.99. The van der Waals surface area contributed by atoms with Crippen molar-refractivity contribution >= 4 is 0 Å². The maximum absolute atomic E-state index is 2.35. The van der Waals surface area contributed by atoms with Crippen molar-refractivity contribution in [2.24, 2.45) is 11.8 Å². The smallest absolute Gasteiger partial charge is 0.0242 e. The van der Waals surface area contributed by atoms with Gasteiger partial charge in [-0.15, -0.1) is 0 Å². The third kappa shape index (κ3) is 2.25. The zero-order valence-electron chi connectivity index (χ0n) is 10.00. The van der Waals surface area contributed by atoms with Crippen molar-refractivity contribution in [2.45, 2.75) is 46.0 Å². The van der Waals surface area contributed by atoms with E-state index in [1.165, 1.54) is 32.1 Å². The first-order valence-electron chi connectivity index (χ1n) is 6.41. The average Bonchev–Trinajstić information content (AvgIpc) is 2.69. The summed E-state index contributed by atoms with van der Waals surface area (Å²) in [6.07, 6.45) is 6.76. The Morgan fingerprint density at radius 2 is 1.73 bits per heavy atom. The molecule has 0 bridgehead atoms. The van der Waals surface area contributed by atoms with E-state index in [0.717, 1.165) is 11.8 Å². The fraction of sp³-hybridized carbons (Fsp3) is 0.600. The maximum Gasteiger partial charge on any atom is -0.0242 e. The van der Waals surface area contributed by atoms with E-state index in [4.69, 9.17) is 0 Å². The summed E-state index contributed by atoms with van der Waals surface area (Å²) in [6.45, 7) is 4.66. The van der Waals surface area contributed by atoms with E-state index in [1.807, 2.05) is 0 Å². The zero-order chi connectivity index (χ0) is 10.7. The molecule has 0 aliphatic heterocycles. The van der Waals surface area contributed by atoms with Crippen molar-refractivity contribution < 1.29 is 0 Å². The lowest BCUT2D eigenvalue weighted by molar-refractivity contribution is 0.312. The van der Waals surface area contributed by atoms with Gasteiger partial charge in [-0.05, 0) is 35.8 Å². The number of benzene rings is 1. The minimum Gasteiger partial charge on any atom is -0.0654 e. The van der Waals surface area contributed by atoms with Crippen LogP contribution < -0.4 is 0 Å². The van der Waals surface area contributed by atoms with E-state index in [2.05, 4.69) is 38.1 Å². The van der Waals surface area contributed by atoms with Gasteiger partial charge >= 0.3 is 0 Å². The highest BCUT2D eigenvalue weighted by atomic mass is 14.3. The van der Waals surface area contributed by atoms with Gasteiger partial charge in [-0.25, -0.2) is 0 Å². The molecule has 1 atom stereocenters. The minimum absolute atomic E-state index is 0.923. The summed E-state index contributed by atoms with van der Waals surface area (Å²) in [5.74, 6) is 1.87. The minimum atomic E-state index is 0.923. The molecule has 2 rings (SSSR count). The maximum atomic E-state index is 2.35. The molecular formula is C15H22. The molecule has 1 aromatic rings. The molecule has 1 aliphatic rings. The highest BCUT2D eigenvalue weighted by Crippen LogP contribution is 2.34. The Labute approximate surface area is 93.7 Å². The second kappa shape index (κ2) is 4.83. The molecule has 0 saturated heterocycles. The summed E-state index contributed by atoms with van der Waals surface area (Å²) in [7, 11) is 0. The van der Waals surface area contributed by atoms with E-state index in [-0.39, 0.29) is 0 Å². The van der Waals surface area contributed by atoms with E-state index >= 15 is 0 Å². The van der Waals surface area contributed by atoms with Gasteiger partial charge in [0.05, 0.1) is 0 Å². The molecule has 0 saturated carbocycles. The molecule has 0 radical (unpaired) electrons. The fourth-order valence-electron chi connectivity index (χ4n) is 3.07. The zero-order valence-corrected chi connectivity index (χ0v) is 10.00. The molecule has 0 amide bonds. The Balaban J connectivity index is 2.05. The molecule has 0 heterocycles. The van der Waals surface area contributed by atoms with Gasteiger partial charge < -0.3 is 0 Å². The molecule has 1 aliphatic carbocycles. The molecule has 0 N–H and O–H groups in total. The lowest BCUT2D eigenvalue weighted by atomic mass is 9.84. The van der Waals surface area contributed by atoms with Crippen LogP contribution in [0.15, 0.2) is 24.3 Å². The Morgan fingerprint density at radius 3 is 2.20 bits per heavy atom. The lowest BCUT2D eigenvalue weighted by Gasteiger charge is -2.21. The quantitative estimate of drug-likeness (QED) is 0.685. The highest BCUT2D eigenvalue weighted by Gasteiger charge is 2.26. The predicted octanol–water partition coefficient (Wildman–Crippen LogP) is 4.23. The van der Waals surface area contributed by atoms with Gasteiger partial charge in [0.25, 0.3) is 0 Å². The van der Waals surface area contributed by atoms with Crippen LogP contribution in [0.1, 0.15) is 44.2 Å². The summed E-state index contributed by atoms with van der Waals surface area (Å²) in [5.41, 5.74) is 3.22. The third-order valence-electron chi connectivity index (χ3n) is 3.93. The third-order valence-corrected chi connectivity index (χ3v) is 3.93. The molecule has 0 aromatic heterocycles. The van der Waals surface area contributed by atoms with E-state index in [1.54, 1.807) is 11.1 Å². The largest absolute Gasteiger partial charge is 0.0654 e. The first-order valence-corrected chi connectivity index (χ1v) is 6.41. The van der Waals surface area contributed by atoms with Gasteiger partial charge in [-0.1, -0.05) is 57.4 Å². The van der Waals surface area contributed by atoms with E-state index < -0.39 is 0 Å². The van der Waals surface area contributed by atoms with Gasteiger partial charge in [0, 0.05) is 0 Å². The number of hydrogen-bond acceptors (Lipinski definition) is 0. The summed E-state index contributed by atoms with van der Waals surface area (Å²) >= 11 is 0. The summed E-state index contributed by atoms with van der Waals surface area (Å²) < 4.78 is 0. The molecule has 0 heteroatoms. The summed E-state index contributed by atoms with van der Waals surface area (Å²) in [4.78, 5) is 0. The SMILES string of the molecule is CCCC(CC)C1Cc2ccccc2C1. The van der Waals surface area contributed by atoms with Crippen LogP contribution in [0.3, 0.4) is 0 Å². The lowest BCUT2D eigenvalue weighted by Crippen LogP contribution is -2.14. The van der Waals surface area contributed by atoms with Gasteiger partial charge in [0.15, 0.2) is 0 Å². The number of hydrogen-bond donors (Lipinski definition) is 0. The molecule has 1 unspecified atom stereocenters. The van der Waals surface area contributed by atoms with Crippen LogP contribution in [-0.4, -0.2) is 0 Å². The Morgan fingerprint density at radius 1 is 1.13 bits per heavy atom. The average molecular weight is 202 g/mol. The molecule has 0 spiro atoms. The fourth-order valence-corrected chi connectivity index (χ4v) is 3.07. The van der Waals surface area contributed by atoms with E-state index in [9.17, 15) is 0 Å². The van der Waals surface area contributed by atoms with Gasteiger partial charge in [0.1, 0.15) is 0 Å². The highest BCUT2D eigenvalue weighted by molar-refractivity contribution is 5.32. The second-order valence-electron chi connectivity index (χ2n) is 4.89. The number of rotatable bonds is 4. The van der Waals surface area contributed by atoms with Crippen LogP contribution in [0.5, 0.6) is 0 Å². The van der Waals surface area contributed by atoms with Crippen molar-refractivity contribution in [3.05, 3.63) is 35.4 Å². The number of fused-ring (bicyclic) bond motifs is 1. The Kier molecular flexibility index (Phi) is 3.45. The second-order valence-corrected chi connectivity index (χ2v) is 4.89. The van der Waals surface area contributed by atoms with Gasteiger partial charge in [0.2, 0.25) is 0 Å². The van der Waals surface area contributed by atoms with Gasteiger partial charge in [-0.2, -0.15) is 0 Å². The standard InChI is InChI=1S/C15H22/c1-3-7-12(4-2)15-10-13-8-5-6-9-14(13)11-15/h5-6,8-9,12,15H,3-4,7,10-11H2,1-2H3. The van der Waals surface area contributed by atoms with Crippen LogP contribution in [0.2, 0.25) is 0 Å². The molecule has 15 heavy (non-hydrogen) atoms. The van der Waals surface area contributed by atoms with E-state index in [0.29, 0.717) is 0 Å².